The van der Waals surface area contributed by atoms with Crippen molar-refractivity contribution in [2.45, 2.75) is 19.8 Å². The average molecular weight is 290 g/mol. The van der Waals surface area contributed by atoms with Gasteiger partial charge in [0.1, 0.15) is 0 Å². The molecule has 0 aliphatic heterocycles. The molecule has 0 amide bonds. The number of carbonyl (C=O) groups excluding carboxylic acids is 2. The van der Waals surface area contributed by atoms with Crippen LogP contribution in [-0.4, -0.2) is 11.6 Å². The van der Waals surface area contributed by atoms with Crippen LogP contribution in [0.15, 0.2) is 60.7 Å². The Kier molecular flexibility index (Phi) is 3.76. The largest absolute Gasteiger partial charge is 0.294 e. The Hall–Kier alpha value is -2.48. The highest BCUT2D eigenvalue weighted by atomic mass is 16.1. The van der Waals surface area contributed by atoms with Gasteiger partial charge >= 0.3 is 0 Å². The molecule has 0 fully saturated rings. The van der Waals surface area contributed by atoms with E-state index in [2.05, 4.69) is 0 Å². The van der Waals surface area contributed by atoms with Crippen molar-refractivity contribution < 1.29 is 9.59 Å². The standard InChI is InChI=1S/C20H18O2/c1-20(13-7-10-15-8-3-2-4-9-15)14-18(21)16-11-5-6-12-17(16)19(20)22/h2-12H,13-14H2,1H3/b10-7+. The summed E-state index contributed by atoms with van der Waals surface area (Å²) in [5.74, 6) is 0.131. The first kappa shape index (κ1) is 14.5. The third-order valence-corrected chi connectivity index (χ3v) is 4.25. The molecule has 0 radical (unpaired) electrons. The highest BCUT2D eigenvalue weighted by Gasteiger charge is 2.41. The maximum atomic E-state index is 12.7. The number of Topliss-reactive ketones (excluding diaryl/α,β-unsaturated/α-hetero) is 2. The number of carbonyl (C=O) groups is 2. The minimum atomic E-state index is -0.642. The summed E-state index contributed by atoms with van der Waals surface area (Å²) in [6.45, 7) is 1.89. The number of fused-ring (bicyclic) bond motifs is 1. The molecule has 3 rings (SSSR count). The van der Waals surface area contributed by atoms with E-state index in [0.717, 1.165) is 5.56 Å². The van der Waals surface area contributed by atoms with Crippen LogP contribution in [0.1, 0.15) is 46.0 Å². The van der Waals surface area contributed by atoms with Crippen LogP contribution in [0.3, 0.4) is 0 Å². The predicted octanol–water partition coefficient (Wildman–Crippen LogP) is 4.57. The molecule has 2 aromatic carbocycles. The summed E-state index contributed by atoms with van der Waals surface area (Å²) < 4.78 is 0. The van der Waals surface area contributed by atoms with E-state index in [1.807, 2.05) is 61.5 Å². The molecule has 2 nitrogen and oxygen atoms in total. The molecule has 22 heavy (non-hydrogen) atoms. The lowest BCUT2D eigenvalue weighted by atomic mass is 9.69. The van der Waals surface area contributed by atoms with Crippen molar-refractivity contribution in [3.8, 4) is 0 Å². The van der Waals surface area contributed by atoms with E-state index in [4.69, 9.17) is 0 Å². The van der Waals surface area contributed by atoms with Gasteiger partial charge in [0.15, 0.2) is 11.6 Å². The van der Waals surface area contributed by atoms with Crippen molar-refractivity contribution in [1.29, 1.82) is 0 Å². The molecule has 1 aliphatic rings. The van der Waals surface area contributed by atoms with Crippen molar-refractivity contribution >= 4 is 17.6 Å². The first-order valence-electron chi connectivity index (χ1n) is 7.49. The molecule has 0 aromatic heterocycles. The second kappa shape index (κ2) is 5.72. The number of allylic oxidation sites excluding steroid dienone is 1. The number of hydrogen-bond acceptors (Lipinski definition) is 2. The van der Waals surface area contributed by atoms with E-state index in [1.54, 1.807) is 12.1 Å². The fraction of sp³-hybridized carbons (Fsp3) is 0.200. The van der Waals surface area contributed by atoms with Gasteiger partial charge in [-0.3, -0.25) is 9.59 Å². The Morgan fingerprint density at radius 3 is 2.32 bits per heavy atom. The fourth-order valence-electron chi connectivity index (χ4n) is 2.96. The highest BCUT2D eigenvalue weighted by molar-refractivity contribution is 6.16. The molecule has 1 unspecified atom stereocenters. The van der Waals surface area contributed by atoms with Gasteiger partial charge in [0, 0.05) is 23.0 Å². The molecule has 2 heteroatoms. The molecule has 0 saturated carbocycles. The minimum absolute atomic E-state index is 0.0609. The van der Waals surface area contributed by atoms with Gasteiger partial charge in [-0.1, -0.05) is 73.7 Å². The van der Waals surface area contributed by atoms with Crippen LogP contribution in [0.2, 0.25) is 0 Å². The average Bonchev–Trinajstić information content (AvgIpc) is 2.54. The summed E-state index contributed by atoms with van der Waals surface area (Å²) in [6.07, 6.45) is 4.85. The lowest BCUT2D eigenvalue weighted by Gasteiger charge is -2.31. The van der Waals surface area contributed by atoms with Gasteiger partial charge in [0.25, 0.3) is 0 Å². The van der Waals surface area contributed by atoms with Crippen LogP contribution in [0.5, 0.6) is 0 Å². The molecular formula is C20H18O2. The molecule has 2 aromatic rings. The summed E-state index contributed by atoms with van der Waals surface area (Å²) in [5.41, 5.74) is 1.59. The molecule has 0 heterocycles. The van der Waals surface area contributed by atoms with Gasteiger partial charge in [-0.2, -0.15) is 0 Å². The van der Waals surface area contributed by atoms with Gasteiger partial charge in [-0.25, -0.2) is 0 Å². The second-order valence-electron chi connectivity index (χ2n) is 6.05. The van der Waals surface area contributed by atoms with Gasteiger partial charge in [-0.05, 0) is 12.0 Å². The summed E-state index contributed by atoms with van der Waals surface area (Å²) in [4.78, 5) is 25.0. The summed E-state index contributed by atoms with van der Waals surface area (Å²) in [5, 5.41) is 0. The Morgan fingerprint density at radius 1 is 0.955 bits per heavy atom. The normalized spacial score (nSPS) is 21.1. The van der Waals surface area contributed by atoms with Crippen LogP contribution >= 0.6 is 0 Å². The quantitative estimate of drug-likeness (QED) is 0.830. The van der Waals surface area contributed by atoms with Crippen LogP contribution in [0.4, 0.5) is 0 Å². The SMILES string of the molecule is CC1(C/C=C/c2ccccc2)CC(=O)c2ccccc2C1=O. The highest BCUT2D eigenvalue weighted by Crippen LogP contribution is 2.38. The van der Waals surface area contributed by atoms with E-state index < -0.39 is 5.41 Å². The number of hydrogen-bond donors (Lipinski definition) is 0. The summed E-state index contributed by atoms with van der Waals surface area (Å²) >= 11 is 0. The molecular weight excluding hydrogens is 272 g/mol. The zero-order valence-corrected chi connectivity index (χ0v) is 12.6. The van der Waals surface area contributed by atoms with Crippen molar-refractivity contribution in [3.63, 3.8) is 0 Å². The van der Waals surface area contributed by atoms with E-state index in [1.165, 1.54) is 0 Å². The Balaban J connectivity index is 1.83. The number of rotatable bonds is 3. The van der Waals surface area contributed by atoms with E-state index in [0.29, 0.717) is 17.5 Å². The van der Waals surface area contributed by atoms with E-state index in [-0.39, 0.29) is 18.0 Å². The third-order valence-electron chi connectivity index (χ3n) is 4.25. The predicted molar refractivity (Wildman–Crippen MR) is 87.9 cm³/mol. The maximum Gasteiger partial charge on any atom is 0.170 e. The smallest absolute Gasteiger partial charge is 0.170 e. The zero-order valence-electron chi connectivity index (χ0n) is 12.6. The topological polar surface area (TPSA) is 34.1 Å². The Labute approximate surface area is 130 Å². The third kappa shape index (κ3) is 2.64. The van der Waals surface area contributed by atoms with Crippen molar-refractivity contribution in [2.75, 3.05) is 0 Å². The van der Waals surface area contributed by atoms with E-state index in [9.17, 15) is 9.59 Å². The van der Waals surface area contributed by atoms with Gasteiger partial charge in [0.05, 0.1) is 0 Å². The summed E-state index contributed by atoms with van der Waals surface area (Å²) in [7, 11) is 0. The maximum absolute atomic E-state index is 12.7. The molecule has 0 saturated heterocycles. The Bertz CT molecular complexity index is 743. The minimum Gasteiger partial charge on any atom is -0.294 e. The molecule has 1 aliphatic carbocycles. The lowest BCUT2D eigenvalue weighted by molar-refractivity contribution is 0.0717. The molecule has 0 bridgehead atoms. The van der Waals surface area contributed by atoms with Gasteiger partial charge < -0.3 is 0 Å². The molecule has 0 spiro atoms. The van der Waals surface area contributed by atoms with Gasteiger partial charge in [-0.15, -0.1) is 0 Å². The van der Waals surface area contributed by atoms with Crippen molar-refractivity contribution in [2.24, 2.45) is 5.41 Å². The first-order chi connectivity index (χ1) is 10.6. The lowest BCUT2D eigenvalue weighted by Crippen LogP contribution is -2.36. The van der Waals surface area contributed by atoms with Gasteiger partial charge in [0.2, 0.25) is 0 Å². The number of ketones is 2. The number of benzene rings is 2. The van der Waals surface area contributed by atoms with Crippen LogP contribution < -0.4 is 0 Å². The Morgan fingerprint density at radius 2 is 1.59 bits per heavy atom. The van der Waals surface area contributed by atoms with E-state index >= 15 is 0 Å². The monoisotopic (exact) mass is 290 g/mol. The molecule has 0 N–H and O–H groups in total. The van der Waals surface area contributed by atoms with Crippen molar-refractivity contribution in [1.82, 2.24) is 0 Å². The molecule has 1 atom stereocenters. The van der Waals surface area contributed by atoms with Crippen LogP contribution in [-0.2, 0) is 0 Å². The van der Waals surface area contributed by atoms with Crippen LogP contribution in [0.25, 0.3) is 6.08 Å². The second-order valence-corrected chi connectivity index (χ2v) is 6.05. The fourth-order valence-corrected chi connectivity index (χ4v) is 2.96. The molecule has 110 valence electrons. The summed E-state index contributed by atoms with van der Waals surface area (Å²) in [6, 6.07) is 17.1. The van der Waals surface area contributed by atoms with Crippen molar-refractivity contribution in [3.05, 3.63) is 77.4 Å². The first-order valence-corrected chi connectivity index (χ1v) is 7.49. The van der Waals surface area contributed by atoms with Crippen LogP contribution in [0, 0.1) is 5.41 Å². The zero-order chi connectivity index (χ0) is 15.6.